The van der Waals surface area contributed by atoms with Crippen LogP contribution in [0, 0.1) is 0 Å². The number of ether oxygens (including phenoxy) is 1. The van der Waals surface area contributed by atoms with E-state index in [0.717, 1.165) is 25.7 Å². The molecular formula is C22H24BrClN2O3. The van der Waals surface area contributed by atoms with Gasteiger partial charge in [-0.15, -0.1) is 0 Å². The standard InChI is InChI=1S/C22H24BrClN2O3/c1-26(21(27)14-29-20-12-11-15(24)13-18(20)23)19-10-6-5-9-17(19)22(28)25-16-7-3-2-4-8-16/h5-6,9-13,16H,2-4,7-8,14H2,1H3,(H,25,28). The first-order chi connectivity index (χ1) is 14.0. The van der Waals surface area contributed by atoms with E-state index < -0.39 is 0 Å². The van der Waals surface area contributed by atoms with Crippen molar-refractivity contribution in [3.8, 4) is 5.75 Å². The summed E-state index contributed by atoms with van der Waals surface area (Å²) in [5, 5.41) is 3.69. The van der Waals surface area contributed by atoms with Gasteiger partial charge >= 0.3 is 0 Å². The maximum atomic E-state index is 12.8. The van der Waals surface area contributed by atoms with E-state index >= 15 is 0 Å². The van der Waals surface area contributed by atoms with E-state index in [9.17, 15) is 9.59 Å². The van der Waals surface area contributed by atoms with Crippen LogP contribution >= 0.6 is 27.5 Å². The number of carbonyl (C=O) groups is 2. The molecular weight excluding hydrogens is 456 g/mol. The van der Waals surface area contributed by atoms with Gasteiger partial charge in [0.05, 0.1) is 15.7 Å². The molecule has 29 heavy (non-hydrogen) atoms. The van der Waals surface area contributed by atoms with Crippen molar-refractivity contribution in [2.75, 3.05) is 18.6 Å². The summed E-state index contributed by atoms with van der Waals surface area (Å²) in [4.78, 5) is 27.0. The molecule has 0 atom stereocenters. The molecule has 7 heteroatoms. The van der Waals surface area contributed by atoms with E-state index in [4.69, 9.17) is 16.3 Å². The molecule has 2 aromatic rings. The van der Waals surface area contributed by atoms with Crippen LogP contribution in [0.25, 0.3) is 0 Å². The van der Waals surface area contributed by atoms with E-state index in [1.807, 2.05) is 6.07 Å². The molecule has 0 radical (unpaired) electrons. The third kappa shape index (κ3) is 5.73. The highest BCUT2D eigenvalue weighted by atomic mass is 79.9. The predicted molar refractivity (Wildman–Crippen MR) is 119 cm³/mol. The van der Waals surface area contributed by atoms with Gasteiger partial charge in [0.2, 0.25) is 0 Å². The lowest BCUT2D eigenvalue weighted by atomic mass is 9.95. The van der Waals surface area contributed by atoms with Crippen molar-refractivity contribution in [2.24, 2.45) is 0 Å². The van der Waals surface area contributed by atoms with Crippen LogP contribution < -0.4 is 15.0 Å². The molecule has 0 aromatic heterocycles. The fourth-order valence-corrected chi connectivity index (χ4v) is 4.23. The highest BCUT2D eigenvalue weighted by Gasteiger charge is 2.22. The van der Waals surface area contributed by atoms with Crippen molar-refractivity contribution in [1.82, 2.24) is 5.32 Å². The second-order valence-corrected chi connectivity index (χ2v) is 8.43. The first-order valence-electron chi connectivity index (χ1n) is 9.70. The minimum absolute atomic E-state index is 0.145. The number of hydrogen-bond acceptors (Lipinski definition) is 3. The summed E-state index contributed by atoms with van der Waals surface area (Å²) in [5.41, 5.74) is 1.05. The Hall–Kier alpha value is -2.05. The Kier molecular flexibility index (Phi) is 7.56. The molecule has 1 aliphatic carbocycles. The SMILES string of the molecule is CN(C(=O)COc1ccc(Cl)cc1Br)c1ccccc1C(=O)NC1CCCCC1. The molecule has 0 saturated heterocycles. The molecule has 0 aliphatic heterocycles. The zero-order valence-corrected chi connectivity index (χ0v) is 18.6. The van der Waals surface area contributed by atoms with Gasteiger partial charge < -0.3 is 15.0 Å². The fourth-order valence-electron chi connectivity index (χ4n) is 3.43. The van der Waals surface area contributed by atoms with E-state index in [-0.39, 0.29) is 24.5 Å². The van der Waals surface area contributed by atoms with E-state index in [1.54, 1.807) is 43.4 Å². The van der Waals surface area contributed by atoms with Crippen molar-refractivity contribution in [3.63, 3.8) is 0 Å². The number of halogens is 2. The average Bonchev–Trinajstić information content (AvgIpc) is 2.73. The van der Waals surface area contributed by atoms with Crippen LogP contribution in [0.15, 0.2) is 46.9 Å². The summed E-state index contributed by atoms with van der Waals surface area (Å²) < 4.78 is 6.29. The normalized spacial score (nSPS) is 14.3. The topological polar surface area (TPSA) is 58.6 Å². The fraction of sp³-hybridized carbons (Fsp3) is 0.364. The lowest BCUT2D eigenvalue weighted by Crippen LogP contribution is -2.38. The zero-order chi connectivity index (χ0) is 20.8. The average molecular weight is 480 g/mol. The minimum Gasteiger partial charge on any atom is -0.483 e. The monoisotopic (exact) mass is 478 g/mol. The first-order valence-corrected chi connectivity index (χ1v) is 10.9. The Morgan fingerprint density at radius 3 is 2.62 bits per heavy atom. The Balaban J connectivity index is 1.67. The molecule has 0 unspecified atom stereocenters. The van der Waals surface area contributed by atoms with Crippen LogP contribution in [0.1, 0.15) is 42.5 Å². The summed E-state index contributed by atoms with van der Waals surface area (Å²) in [6.07, 6.45) is 5.52. The second kappa shape index (κ2) is 10.1. The number of carbonyl (C=O) groups excluding carboxylic acids is 2. The Labute approximate surface area is 184 Å². The number of benzene rings is 2. The predicted octanol–water partition coefficient (Wildman–Crippen LogP) is 5.21. The molecule has 154 valence electrons. The zero-order valence-electron chi connectivity index (χ0n) is 16.3. The van der Waals surface area contributed by atoms with Crippen LogP contribution in [0.4, 0.5) is 5.69 Å². The molecule has 5 nitrogen and oxygen atoms in total. The smallest absolute Gasteiger partial charge is 0.264 e. The molecule has 2 aromatic carbocycles. The van der Waals surface area contributed by atoms with Crippen LogP contribution in [-0.4, -0.2) is 31.5 Å². The summed E-state index contributed by atoms with van der Waals surface area (Å²) in [7, 11) is 1.65. The highest BCUT2D eigenvalue weighted by molar-refractivity contribution is 9.10. The summed E-state index contributed by atoms with van der Waals surface area (Å²) in [5.74, 6) is 0.123. The molecule has 1 fully saturated rings. The van der Waals surface area contributed by atoms with Crippen molar-refractivity contribution in [1.29, 1.82) is 0 Å². The molecule has 1 N–H and O–H groups in total. The molecule has 1 saturated carbocycles. The minimum atomic E-state index is -0.259. The van der Waals surface area contributed by atoms with E-state index in [1.165, 1.54) is 11.3 Å². The number of rotatable bonds is 6. The van der Waals surface area contributed by atoms with Gasteiger partial charge in [0, 0.05) is 18.1 Å². The van der Waals surface area contributed by atoms with Gasteiger partial charge in [0.25, 0.3) is 11.8 Å². The Bertz CT molecular complexity index is 884. The number of likely N-dealkylation sites (N-methyl/N-ethyl adjacent to an activating group) is 1. The van der Waals surface area contributed by atoms with E-state index in [2.05, 4.69) is 21.2 Å². The van der Waals surface area contributed by atoms with Crippen molar-refractivity contribution < 1.29 is 14.3 Å². The van der Waals surface area contributed by atoms with Gasteiger partial charge in [-0.3, -0.25) is 9.59 Å². The van der Waals surface area contributed by atoms with Gasteiger partial charge in [0.1, 0.15) is 5.75 Å². The summed E-state index contributed by atoms with van der Waals surface area (Å²) >= 11 is 9.30. The quantitative estimate of drug-likeness (QED) is 0.619. The number of nitrogens with one attached hydrogen (secondary N) is 1. The van der Waals surface area contributed by atoms with Crippen molar-refractivity contribution in [3.05, 3.63) is 57.5 Å². The summed E-state index contributed by atoms with van der Waals surface area (Å²) in [6, 6.07) is 12.4. The summed E-state index contributed by atoms with van der Waals surface area (Å²) in [6.45, 7) is -0.157. The number of hydrogen-bond donors (Lipinski definition) is 1. The molecule has 0 spiro atoms. The third-order valence-electron chi connectivity index (χ3n) is 5.07. The number of anilines is 1. The van der Waals surface area contributed by atoms with Crippen LogP contribution in [0.2, 0.25) is 5.02 Å². The lowest BCUT2D eigenvalue weighted by Gasteiger charge is -2.25. The molecule has 3 rings (SSSR count). The van der Waals surface area contributed by atoms with Crippen molar-refractivity contribution >= 4 is 45.0 Å². The lowest BCUT2D eigenvalue weighted by molar-refractivity contribution is -0.120. The molecule has 1 aliphatic rings. The third-order valence-corrected chi connectivity index (χ3v) is 5.92. The highest BCUT2D eigenvalue weighted by Crippen LogP contribution is 2.28. The van der Waals surface area contributed by atoms with Crippen LogP contribution in [0.5, 0.6) is 5.75 Å². The Morgan fingerprint density at radius 2 is 1.90 bits per heavy atom. The molecule has 0 bridgehead atoms. The van der Waals surface area contributed by atoms with Gasteiger partial charge in [-0.05, 0) is 59.1 Å². The van der Waals surface area contributed by atoms with Gasteiger partial charge in [0.15, 0.2) is 6.61 Å². The molecule has 0 heterocycles. The maximum Gasteiger partial charge on any atom is 0.264 e. The maximum absolute atomic E-state index is 12.8. The van der Waals surface area contributed by atoms with Crippen LogP contribution in [0.3, 0.4) is 0 Å². The van der Waals surface area contributed by atoms with Gasteiger partial charge in [-0.1, -0.05) is 43.0 Å². The van der Waals surface area contributed by atoms with Crippen molar-refractivity contribution in [2.45, 2.75) is 38.1 Å². The largest absolute Gasteiger partial charge is 0.483 e. The molecule has 2 amide bonds. The van der Waals surface area contributed by atoms with E-state index in [0.29, 0.717) is 26.5 Å². The number of amides is 2. The Morgan fingerprint density at radius 1 is 1.17 bits per heavy atom. The van der Waals surface area contributed by atoms with Gasteiger partial charge in [-0.25, -0.2) is 0 Å². The second-order valence-electron chi connectivity index (χ2n) is 7.14. The van der Waals surface area contributed by atoms with Gasteiger partial charge in [-0.2, -0.15) is 0 Å². The number of nitrogens with zero attached hydrogens (tertiary/aromatic N) is 1. The van der Waals surface area contributed by atoms with Crippen LogP contribution in [-0.2, 0) is 4.79 Å². The number of para-hydroxylation sites is 1. The first kappa shape index (κ1) is 21.7.